The van der Waals surface area contributed by atoms with Gasteiger partial charge in [-0.05, 0) is 12.8 Å². The second-order valence-corrected chi connectivity index (χ2v) is 10.7. The lowest BCUT2D eigenvalue weighted by Crippen LogP contribution is -2.50. The van der Waals surface area contributed by atoms with Crippen LogP contribution in [-0.2, 0) is 9.59 Å². The number of nitrogens with zero attached hydrogens (tertiary/aromatic N) is 2. The van der Waals surface area contributed by atoms with Gasteiger partial charge in [-0.15, -0.1) is 0 Å². The van der Waals surface area contributed by atoms with Crippen LogP contribution >= 0.6 is 0 Å². The molecular formula is C30H59N3O2. The van der Waals surface area contributed by atoms with E-state index in [1.165, 1.54) is 103 Å². The van der Waals surface area contributed by atoms with Gasteiger partial charge in [0, 0.05) is 52.1 Å². The minimum atomic E-state index is 0.197. The molecule has 1 aliphatic rings. The first-order valence-corrected chi connectivity index (χ1v) is 15.4. The Morgan fingerprint density at radius 3 is 1.49 bits per heavy atom. The zero-order valence-corrected chi connectivity index (χ0v) is 23.6. The largest absolute Gasteiger partial charge is 0.355 e. The van der Waals surface area contributed by atoms with Gasteiger partial charge >= 0.3 is 0 Å². The normalized spacial score (nSPS) is 14.4. The Bertz CT molecular complexity index is 501. The minimum Gasteiger partial charge on any atom is -0.355 e. The van der Waals surface area contributed by atoms with Crippen LogP contribution in [0, 0.1) is 0 Å². The third kappa shape index (κ3) is 18.8. The highest BCUT2D eigenvalue weighted by Gasteiger charge is 2.20. The van der Waals surface area contributed by atoms with E-state index in [1.54, 1.807) is 0 Å². The molecule has 35 heavy (non-hydrogen) atoms. The highest BCUT2D eigenvalue weighted by atomic mass is 16.2. The van der Waals surface area contributed by atoms with Crippen LogP contribution in [0.15, 0.2) is 0 Å². The summed E-state index contributed by atoms with van der Waals surface area (Å²) in [5.41, 5.74) is 0. The van der Waals surface area contributed by atoms with Crippen LogP contribution in [0.5, 0.6) is 0 Å². The summed E-state index contributed by atoms with van der Waals surface area (Å²) in [6, 6.07) is 0. The Hall–Kier alpha value is -1.10. The number of amides is 2. The average Bonchev–Trinajstić information content (AvgIpc) is 2.87. The average molecular weight is 494 g/mol. The number of carbonyl (C=O) groups is 2. The third-order valence-corrected chi connectivity index (χ3v) is 7.48. The van der Waals surface area contributed by atoms with Crippen molar-refractivity contribution >= 4 is 11.8 Å². The van der Waals surface area contributed by atoms with Crippen LogP contribution in [-0.4, -0.2) is 60.9 Å². The van der Waals surface area contributed by atoms with Crippen molar-refractivity contribution in [3.05, 3.63) is 0 Å². The van der Waals surface area contributed by atoms with Gasteiger partial charge in [0.15, 0.2) is 0 Å². The molecule has 0 saturated carbocycles. The Morgan fingerprint density at radius 2 is 1.00 bits per heavy atom. The summed E-state index contributed by atoms with van der Waals surface area (Å²) in [7, 11) is 0. The van der Waals surface area contributed by atoms with Crippen LogP contribution in [0.2, 0.25) is 0 Å². The summed E-state index contributed by atoms with van der Waals surface area (Å²) in [6.45, 7) is 9.66. The molecule has 0 spiro atoms. The van der Waals surface area contributed by atoms with Crippen molar-refractivity contribution in [2.24, 2.45) is 0 Å². The van der Waals surface area contributed by atoms with Crippen molar-refractivity contribution in [1.29, 1.82) is 0 Å². The molecule has 0 aliphatic carbocycles. The van der Waals surface area contributed by atoms with Gasteiger partial charge in [-0.3, -0.25) is 14.5 Å². The van der Waals surface area contributed by atoms with Crippen LogP contribution in [0.1, 0.15) is 142 Å². The molecule has 1 heterocycles. The summed E-state index contributed by atoms with van der Waals surface area (Å²) in [5.74, 6) is 0.532. The lowest BCUT2D eigenvalue weighted by atomic mass is 10.1. The van der Waals surface area contributed by atoms with Crippen molar-refractivity contribution in [1.82, 2.24) is 15.1 Å². The monoisotopic (exact) mass is 493 g/mol. The molecular weight excluding hydrogens is 434 g/mol. The number of carbonyl (C=O) groups excluding carboxylic acids is 2. The topological polar surface area (TPSA) is 52.7 Å². The predicted molar refractivity (Wildman–Crippen MR) is 150 cm³/mol. The first-order valence-electron chi connectivity index (χ1n) is 15.4. The second-order valence-electron chi connectivity index (χ2n) is 10.7. The van der Waals surface area contributed by atoms with E-state index < -0.39 is 0 Å². The van der Waals surface area contributed by atoms with Crippen molar-refractivity contribution in [2.45, 2.75) is 142 Å². The van der Waals surface area contributed by atoms with Gasteiger partial charge < -0.3 is 10.2 Å². The lowest BCUT2D eigenvalue weighted by molar-refractivity contribution is -0.133. The fraction of sp³-hybridized carbons (Fsp3) is 0.933. The maximum absolute atomic E-state index is 12.5. The minimum absolute atomic E-state index is 0.197. The van der Waals surface area contributed by atoms with Gasteiger partial charge in [0.25, 0.3) is 0 Å². The van der Waals surface area contributed by atoms with Gasteiger partial charge in [-0.2, -0.15) is 0 Å². The van der Waals surface area contributed by atoms with E-state index in [0.717, 1.165) is 52.1 Å². The number of unbranched alkanes of at least 4 members (excludes halogenated alkanes) is 16. The molecule has 0 unspecified atom stereocenters. The number of hydrogen-bond donors (Lipinski definition) is 1. The Kier molecular flexibility index (Phi) is 21.3. The predicted octanol–water partition coefficient (Wildman–Crippen LogP) is 7.09. The molecule has 0 aromatic carbocycles. The zero-order chi connectivity index (χ0) is 25.4. The van der Waals surface area contributed by atoms with Gasteiger partial charge in [0.05, 0.1) is 0 Å². The number of hydrogen-bond acceptors (Lipinski definition) is 3. The fourth-order valence-electron chi connectivity index (χ4n) is 5.00. The number of piperazine rings is 1. The summed E-state index contributed by atoms with van der Waals surface area (Å²) < 4.78 is 0. The second kappa shape index (κ2) is 23.3. The quantitative estimate of drug-likeness (QED) is 0.155. The first kappa shape index (κ1) is 31.9. The van der Waals surface area contributed by atoms with Crippen molar-refractivity contribution in [2.75, 3.05) is 39.3 Å². The molecule has 0 atom stereocenters. The van der Waals surface area contributed by atoms with E-state index >= 15 is 0 Å². The van der Waals surface area contributed by atoms with Crippen molar-refractivity contribution < 1.29 is 9.59 Å². The molecule has 1 aliphatic heterocycles. The van der Waals surface area contributed by atoms with Crippen LogP contribution in [0.25, 0.3) is 0 Å². The SMILES string of the molecule is CCCCCCCCCCCC(=O)NCCN1CCN(C(=O)CCCCCCCCCCC)CC1. The summed E-state index contributed by atoms with van der Waals surface area (Å²) in [5, 5.41) is 3.09. The molecule has 206 valence electrons. The zero-order valence-electron chi connectivity index (χ0n) is 23.6. The van der Waals surface area contributed by atoms with E-state index in [9.17, 15) is 9.59 Å². The van der Waals surface area contributed by atoms with Gasteiger partial charge in [-0.1, -0.05) is 117 Å². The Balaban J connectivity index is 1.92. The molecule has 0 bridgehead atoms. The molecule has 0 aromatic rings. The number of rotatable bonds is 23. The van der Waals surface area contributed by atoms with Crippen LogP contribution < -0.4 is 5.32 Å². The van der Waals surface area contributed by atoms with Crippen molar-refractivity contribution in [3.63, 3.8) is 0 Å². The highest BCUT2D eigenvalue weighted by Crippen LogP contribution is 2.13. The maximum atomic E-state index is 12.5. The van der Waals surface area contributed by atoms with E-state index in [1.807, 2.05) is 4.90 Å². The van der Waals surface area contributed by atoms with Gasteiger partial charge in [0.1, 0.15) is 0 Å². The molecule has 0 aromatic heterocycles. The van der Waals surface area contributed by atoms with Gasteiger partial charge in [-0.25, -0.2) is 0 Å². The smallest absolute Gasteiger partial charge is 0.222 e. The molecule has 5 heteroatoms. The van der Waals surface area contributed by atoms with E-state index in [2.05, 4.69) is 24.1 Å². The molecule has 1 N–H and O–H groups in total. The Morgan fingerprint density at radius 1 is 0.571 bits per heavy atom. The van der Waals surface area contributed by atoms with Crippen LogP contribution in [0.3, 0.4) is 0 Å². The summed E-state index contributed by atoms with van der Waals surface area (Å²) >= 11 is 0. The van der Waals surface area contributed by atoms with Crippen molar-refractivity contribution in [3.8, 4) is 0 Å². The molecule has 2 amide bonds. The maximum Gasteiger partial charge on any atom is 0.222 e. The van der Waals surface area contributed by atoms with Gasteiger partial charge in [0.2, 0.25) is 11.8 Å². The lowest BCUT2D eigenvalue weighted by Gasteiger charge is -2.34. The molecule has 1 rings (SSSR count). The third-order valence-electron chi connectivity index (χ3n) is 7.48. The standard InChI is InChI=1S/C30H59N3O2/c1-3-5-7-9-11-13-15-17-19-21-29(34)31-23-24-32-25-27-33(28-26-32)30(35)22-20-18-16-14-12-10-8-6-4-2/h3-28H2,1-2H3,(H,31,34). The Labute approximate surface area is 218 Å². The van der Waals surface area contributed by atoms with E-state index in [0.29, 0.717) is 18.7 Å². The molecule has 1 saturated heterocycles. The summed E-state index contributed by atoms with van der Waals surface area (Å²) in [4.78, 5) is 29.0. The highest BCUT2D eigenvalue weighted by molar-refractivity contribution is 5.76. The molecule has 0 radical (unpaired) electrons. The summed E-state index contributed by atoms with van der Waals surface area (Å²) in [6.07, 6.45) is 24.6. The first-order chi connectivity index (χ1) is 17.2. The molecule has 1 fully saturated rings. The number of nitrogens with one attached hydrogen (secondary N) is 1. The van der Waals surface area contributed by atoms with E-state index in [4.69, 9.17) is 0 Å². The fourth-order valence-corrected chi connectivity index (χ4v) is 5.00. The van der Waals surface area contributed by atoms with Crippen LogP contribution in [0.4, 0.5) is 0 Å². The molecule has 5 nitrogen and oxygen atoms in total. The van der Waals surface area contributed by atoms with E-state index in [-0.39, 0.29) is 5.91 Å².